The summed E-state index contributed by atoms with van der Waals surface area (Å²) in [4.78, 5) is 2.52. The van der Waals surface area contributed by atoms with Crippen molar-refractivity contribution in [2.45, 2.75) is 20.4 Å². The minimum Gasteiger partial charge on any atom is -0.295 e. The first-order valence-corrected chi connectivity index (χ1v) is 9.00. The van der Waals surface area contributed by atoms with E-state index in [0.717, 1.165) is 32.7 Å². The van der Waals surface area contributed by atoms with E-state index in [1.807, 2.05) is 30.5 Å². The molecule has 1 heterocycles. The maximum atomic E-state index is 4.56. The third-order valence-electron chi connectivity index (χ3n) is 4.65. The number of nitrogens with zero attached hydrogens (tertiary/aromatic N) is 3. The molecule has 3 rings (SSSR count). The topological polar surface area (TPSA) is 18.8 Å². The predicted molar refractivity (Wildman–Crippen MR) is 107 cm³/mol. The van der Waals surface area contributed by atoms with Crippen LogP contribution in [0, 0.1) is 13.8 Å². The van der Waals surface area contributed by atoms with Gasteiger partial charge in [0.05, 0.1) is 0 Å². The first kappa shape index (κ1) is 17.4. The second-order valence-corrected chi connectivity index (χ2v) is 6.69. The zero-order valence-corrected chi connectivity index (χ0v) is 15.2. The Kier molecular flexibility index (Phi) is 6.02. The Morgan fingerprint density at radius 2 is 1.72 bits per heavy atom. The van der Waals surface area contributed by atoms with Crippen LogP contribution in [0.25, 0.3) is 6.08 Å². The van der Waals surface area contributed by atoms with Gasteiger partial charge in [0.2, 0.25) is 0 Å². The Bertz CT molecular complexity index is 726. The summed E-state index contributed by atoms with van der Waals surface area (Å²) in [6.45, 7) is 9.50. The van der Waals surface area contributed by atoms with Gasteiger partial charge >= 0.3 is 0 Å². The number of rotatable bonds is 5. The van der Waals surface area contributed by atoms with Gasteiger partial charge in [0.15, 0.2) is 0 Å². The fraction of sp³-hybridized carbons (Fsp3) is 0.318. The molecule has 0 aliphatic carbocycles. The van der Waals surface area contributed by atoms with Crippen LogP contribution in [0.2, 0.25) is 0 Å². The highest BCUT2D eigenvalue weighted by Gasteiger charge is 2.15. The summed E-state index contributed by atoms with van der Waals surface area (Å²) < 4.78 is 0. The smallest absolute Gasteiger partial charge is 0.0488 e. The summed E-state index contributed by atoms with van der Waals surface area (Å²) in [6.07, 6.45) is 5.99. The molecule has 2 aromatic rings. The van der Waals surface area contributed by atoms with E-state index >= 15 is 0 Å². The second kappa shape index (κ2) is 8.63. The summed E-state index contributed by atoms with van der Waals surface area (Å²) in [5.74, 6) is 0. The number of hydrogen-bond donors (Lipinski definition) is 0. The molecular formula is C22H27N3. The lowest BCUT2D eigenvalue weighted by Gasteiger charge is -2.33. The number of benzene rings is 2. The van der Waals surface area contributed by atoms with Gasteiger partial charge in [-0.05, 0) is 36.6 Å². The molecule has 3 nitrogen and oxygen atoms in total. The third-order valence-corrected chi connectivity index (χ3v) is 4.65. The van der Waals surface area contributed by atoms with Crippen LogP contribution in [0.3, 0.4) is 0 Å². The minimum absolute atomic E-state index is 0.987. The molecule has 25 heavy (non-hydrogen) atoms. The van der Waals surface area contributed by atoms with Crippen molar-refractivity contribution in [1.82, 2.24) is 9.91 Å². The van der Waals surface area contributed by atoms with Crippen LogP contribution in [-0.2, 0) is 6.54 Å². The standard InChI is InChI=1S/C22H27N3/c1-19-10-11-22(20(2)17-19)18-24-13-15-25(16-14-24)23-12-6-9-21-7-4-3-5-8-21/h3-12,17H,13-16,18H2,1-2H3/b9-6+,23-12+. The molecular weight excluding hydrogens is 306 g/mol. The largest absolute Gasteiger partial charge is 0.295 e. The van der Waals surface area contributed by atoms with Crippen LogP contribution in [-0.4, -0.2) is 42.3 Å². The lowest BCUT2D eigenvalue weighted by molar-refractivity contribution is 0.131. The molecule has 1 fully saturated rings. The molecule has 0 unspecified atom stereocenters. The minimum atomic E-state index is 0.987. The molecule has 0 bridgehead atoms. The van der Waals surface area contributed by atoms with Crippen molar-refractivity contribution < 1.29 is 0 Å². The Balaban J connectivity index is 1.45. The van der Waals surface area contributed by atoms with Gasteiger partial charge in [-0.2, -0.15) is 5.10 Å². The molecule has 0 amide bonds. The Labute approximate surface area is 151 Å². The third kappa shape index (κ3) is 5.30. The molecule has 0 atom stereocenters. The average Bonchev–Trinajstić information content (AvgIpc) is 2.63. The van der Waals surface area contributed by atoms with Crippen molar-refractivity contribution in [2.24, 2.45) is 5.10 Å². The van der Waals surface area contributed by atoms with E-state index in [1.165, 1.54) is 22.3 Å². The number of piperazine rings is 1. The van der Waals surface area contributed by atoms with Crippen molar-refractivity contribution in [3.8, 4) is 0 Å². The van der Waals surface area contributed by atoms with Crippen LogP contribution < -0.4 is 0 Å². The highest BCUT2D eigenvalue weighted by atomic mass is 15.5. The van der Waals surface area contributed by atoms with Crippen molar-refractivity contribution in [1.29, 1.82) is 0 Å². The Morgan fingerprint density at radius 1 is 0.960 bits per heavy atom. The van der Waals surface area contributed by atoms with Gasteiger partial charge in [-0.15, -0.1) is 0 Å². The molecule has 130 valence electrons. The molecule has 1 aliphatic heterocycles. The fourth-order valence-corrected chi connectivity index (χ4v) is 3.13. The highest BCUT2D eigenvalue weighted by Crippen LogP contribution is 2.14. The van der Waals surface area contributed by atoms with E-state index in [1.54, 1.807) is 0 Å². The fourth-order valence-electron chi connectivity index (χ4n) is 3.13. The van der Waals surface area contributed by atoms with Gasteiger partial charge in [0, 0.05) is 38.9 Å². The van der Waals surface area contributed by atoms with E-state index in [0.29, 0.717) is 0 Å². The van der Waals surface area contributed by atoms with E-state index in [2.05, 4.69) is 65.3 Å². The zero-order valence-electron chi connectivity index (χ0n) is 15.2. The Hall–Kier alpha value is -2.39. The van der Waals surface area contributed by atoms with Gasteiger partial charge in [0.1, 0.15) is 0 Å². The summed E-state index contributed by atoms with van der Waals surface area (Å²) in [5.41, 5.74) is 5.37. The second-order valence-electron chi connectivity index (χ2n) is 6.69. The van der Waals surface area contributed by atoms with Crippen LogP contribution >= 0.6 is 0 Å². The van der Waals surface area contributed by atoms with E-state index in [9.17, 15) is 0 Å². The molecule has 0 N–H and O–H groups in total. The SMILES string of the molecule is Cc1ccc(CN2CCN(/N=C/C=C/c3ccccc3)CC2)c(C)c1. The van der Waals surface area contributed by atoms with Gasteiger partial charge in [0.25, 0.3) is 0 Å². The van der Waals surface area contributed by atoms with Crippen molar-refractivity contribution in [3.63, 3.8) is 0 Å². The number of hydrazone groups is 1. The van der Waals surface area contributed by atoms with Crippen LogP contribution in [0.1, 0.15) is 22.3 Å². The lowest BCUT2D eigenvalue weighted by atomic mass is 10.1. The monoisotopic (exact) mass is 333 g/mol. The van der Waals surface area contributed by atoms with Crippen molar-refractivity contribution >= 4 is 12.3 Å². The predicted octanol–water partition coefficient (Wildman–Crippen LogP) is 4.12. The van der Waals surface area contributed by atoms with Crippen molar-refractivity contribution in [2.75, 3.05) is 26.2 Å². The van der Waals surface area contributed by atoms with Crippen LogP contribution in [0.4, 0.5) is 0 Å². The zero-order chi connectivity index (χ0) is 17.5. The molecule has 0 radical (unpaired) electrons. The maximum Gasteiger partial charge on any atom is 0.0488 e. The number of hydrogen-bond acceptors (Lipinski definition) is 3. The Morgan fingerprint density at radius 3 is 2.44 bits per heavy atom. The average molecular weight is 333 g/mol. The van der Waals surface area contributed by atoms with Gasteiger partial charge < -0.3 is 0 Å². The molecule has 1 aliphatic rings. The van der Waals surface area contributed by atoms with Crippen molar-refractivity contribution in [3.05, 3.63) is 76.9 Å². The molecule has 0 saturated carbocycles. The molecule has 2 aromatic carbocycles. The molecule has 0 spiro atoms. The van der Waals surface area contributed by atoms with Crippen LogP contribution in [0.5, 0.6) is 0 Å². The summed E-state index contributed by atoms with van der Waals surface area (Å²) in [7, 11) is 0. The van der Waals surface area contributed by atoms with Crippen LogP contribution in [0.15, 0.2) is 59.7 Å². The van der Waals surface area contributed by atoms with Gasteiger partial charge in [-0.1, -0.05) is 60.2 Å². The first-order valence-electron chi connectivity index (χ1n) is 9.00. The molecule has 3 heteroatoms. The maximum absolute atomic E-state index is 4.56. The van der Waals surface area contributed by atoms with Gasteiger partial charge in [-0.3, -0.25) is 9.91 Å². The number of allylic oxidation sites excluding steroid dienone is 1. The van der Waals surface area contributed by atoms with E-state index in [-0.39, 0.29) is 0 Å². The summed E-state index contributed by atoms with van der Waals surface area (Å²) >= 11 is 0. The highest BCUT2D eigenvalue weighted by molar-refractivity contribution is 5.77. The first-order chi connectivity index (χ1) is 12.2. The van der Waals surface area contributed by atoms with E-state index in [4.69, 9.17) is 0 Å². The number of aryl methyl sites for hydroxylation is 2. The normalized spacial score (nSPS) is 16.2. The molecule has 0 aromatic heterocycles. The van der Waals surface area contributed by atoms with E-state index < -0.39 is 0 Å². The van der Waals surface area contributed by atoms with Gasteiger partial charge in [-0.25, -0.2) is 0 Å². The summed E-state index contributed by atoms with van der Waals surface area (Å²) in [5, 5.41) is 6.72. The summed E-state index contributed by atoms with van der Waals surface area (Å²) in [6, 6.07) is 17.1. The molecule has 1 saturated heterocycles. The lowest BCUT2D eigenvalue weighted by Crippen LogP contribution is -2.43. The quantitative estimate of drug-likeness (QED) is 0.767.